The fourth-order valence-electron chi connectivity index (χ4n) is 5.34. The number of rotatable bonds is 7. The molecule has 2 atom stereocenters. The monoisotopic (exact) mass is 520 g/mol. The standard InChI is InChI=1S/C31H32N2O.C3H6.C2H6/c1-2-32-29-20-21-33(22-27-18-19-30(34-27)24-12-6-3-7-13-24)23-28(29)31(25-14-8-4-9-15-25)26-16-10-5-11-17-26;1-3-2;1-2/h2-19,28-29,31H,20-23H2,1H3;3H,1H2,2H3;1-2H3. The molecule has 204 valence electrons. The van der Waals surface area contributed by atoms with Gasteiger partial charge in [-0.1, -0.05) is 111 Å². The van der Waals surface area contributed by atoms with Gasteiger partial charge in [-0.3, -0.25) is 9.89 Å². The largest absolute Gasteiger partial charge is 0.460 e. The second-order valence-corrected chi connectivity index (χ2v) is 9.50. The molecule has 4 aromatic rings. The zero-order chi connectivity index (χ0) is 27.9. The van der Waals surface area contributed by atoms with Gasteiger partial charge in [-0.15, -0.1) is 6.58 Å². The van der Waals surface area contributed by atoms with Crippen LogP contribution in [0.5, 0.6) is 0 Å². The third kappa shape index (κ3) is 8.40. The third-order valence-corrected chi connectivity index (χ3v) is 6.89. The minimum absolute atomic E-state index is 0.301. The van der Waals surface area contributed by atoms with Gasteiger partial charge < -0.3 is 4.42 Å². The molecule has 0 aliphatic carbocycles. The molecular formula is C36H44N2O. The van der Waals surface area contributed by atoms with Crippen molar-refractivity contribution in [3.05, 3.63) is 133 Å². The van der Waals surface area contributed by atoms with E-state index >= 15 is 0 Å². The molecule has 39 heavy (non-hydrogen) atoms. The van der Waals surface area contributed by atoms with Crippen LogP contribution < -0.4 is 0 Å². The predicted molar refractivity (Wildman–Crippen MR) is 167 cm³/mol. The van der Waals surface area contributed by atoms with Crippen molar-refractivity contribution < 1.29 is 4.42 Å². The Labute approximate surface area is 235 Å². The molecule has 0 spiro atoms. The molecule has 1 fully saturated rings. The van der Waals surface area contributed by atoms with Crippen LogP contribution in [0.15, 0.2) is 125 Å². The van der Waals surface area contributed by atoms with Crippen LogP contribution in [0.3, 0.4) is 0 Å². The van der Waals surface area contributed by atoms with Gasteiger partial charge in [-0.05, 0) is 49.7 Å². The Kier molecular flexibility index (Phi) is 12.5. The van der Waals surface area contributed by atoms with Gasteiger partial charge in [0.05, 0.1) is 12.6 Å². The average Bonchev–Trinajstić information content (AvgIpc) is 3.46. The lowest BCUT2D eigenvalue weighted by molar-refractivity contribution is 0.131. The number of benzene rings is 3. The maximum atomic E-state index is 6.24. The molecule has 2 unspecified atom stereocenters. The van der Waals surface area contributed by atoms with Crippen molar-refractivity contribution >= 4 is 6.21 Å². The Morgan fingerprint density at radius 1 is 0.846 bits per heavy atom. The molecule has 0 saturated carbocycles. The lowest BCUT2D eigenvalue weighted by atomic mass is 9.74. The average molecular weight is 521 g/mol. The van der Waals surface area contributed by atoms with Crippen LogP contribution in [-0.2, 0) is 6.54 Å². The highest BCUT2D eigenvalue weighted by molar-refractivity contribution is 5.57. The molecular weight excluding hydrogens is 476 g/mol. The van der Waals surface area contributed by atoms with Crippen LogP contribution in [0.25, 0.3) is 11.3 Å². The third-order valence-electron chi connectivity index (χ3n) is 6.89. The van der Waals surface area contributed by atoms with E-state index in [2.05, 4.69) is 109 Å². The van der Waals surface area contributed by atoms with Crippen LogP contribution in [-0.4, -0.2) is 30.2 Å². The maximum absolute atomic E-state index is 6.24. The van der Waals surface area contributed by atoms with Gasteiger partial charge in [0.2, 0.25) is 0 Å². The van der Waals surface area contributed by atoms with Gasteiger partial charge in [0.1, 0.15) is 11.5 Å². The Balaban J connectivity index is 0.000000787. The summed E-state index contributed by atoms with van der Waals surface area (Å²) in [6, 6.07) is 36.7. The number of hydrogen-bond acceptors (Lipinski definition) is 3. The summed E-state index contributed by atoms with van der Waals surface area (Å²) in [5, 5.41) is 0. The first-order valence-corrected chi connectivity index (χ1v) is 14.2. The molecule has 0 radical (unpaired) electrons. The number of allylic oxidation sites excluding steroid dienone is 1. The normalized spacial score (nSPS) is 17.2. The van der Waals surface area contributed by atoms with Crippen LogP contribution in [0.2, 0.25) is 0 Å². The summed E-state index contributed by atoms with van der Waals surface area (Å²) in [5.41, 5.74) is 3.85. The van der Waals surface area contributed by atoms with Gasteiger partial charge in [0, 0.05) is 30.5 Å². The van der Waals surface area contributed by atoms with Gasteiger partial charge in [-0.25, -0.2) is 0 Å². The molecule has 3 nitrogen and oxygen atoms in total. The molecule has 1 saturated heterocycles. The van der Waals surface area contributed by atoms with Gasteiger partial charge in [-0.2, -0.15) is 0 Å². The van der Waals surface area contributed by atoms with Crippen LogP contribution in [0, 0.1) is 5.92 Å². The van der Waals surface area contributed by atoms with Crippen molar-refractivity contribution in [3.63, 3.8) is 0 Å². The molecule has 1 aliphatic heterocycles. The minimum Gasteiger partial charge on any atom is -0.460 e. The first-order valence-electron chi connectivity index (χ1n) is 14.2. The first kappa shape index (κ1) is 29.9. The maximum Gasteiger partial charge on any atom is 0.134 e. The van der Waals surface area contributed by atoms with E-state index in [4.69, 9.17) is 9.41 Å². The SMILES string of the molecule is C=CC.CC.CC=NC1CCN(Cc2ccc(-c3ccccc3)o2)CC1C(c1ccccc1)c1ccccc1. The summed E-state index contributed by atoms with van der Waals surface area (Å²) in [6.45, 7) is 14.1. The molecule has 1 aliphatic rings. The quantitative estimate of drug-likeness (QED) is 0.179. The fourth-order valence-corrected chi connectivity index (χ4v) is 5.34. The van der Waals surface area contributed by atoms with Crippen molar-refractivity contribution in [1.29, 1.82) is 0 Å². The summed E-state index contributed by atoms with van der Waals surface area (Å²) in [6.07, 6.45) is 4.79. The second kappa shape index (κ2) is 16.3. The molecule has 0 bridgehead atoms. The number of hydrogen-bond donors (Lipinski definition) is 0. The van der Waals surface area contributed by atoms with E-state index in [1.165, 1.54) is 11.1 Å². The molecule has 0 amide bonds. The zero-order valence-corrected chi connectivity index (χ0v) is 24.0. The molecule has 3 aromatic carbocycles. The molecule has 5 rings (SSSR count). The lowest BCUT2D eigenvalue weighted by Gasteiger charge is -2.41. The van der Waals surface area contributed by atoms with Crippen LogP contribution >= 0.6 is 0 Å². The van der Waals surface area contributed by atoms with Crippen molar-refractivity contribution in [2.75, 3.05) is 13.1 Å². The Bertz CT molecular complexity index is 1190. The van der Waals surface area contributed by atoms with Gasteiger partial charge in [0.15, 0.2) is 0 Å². The van der Waals surface area contributed by atoms with Gasteiger partial charge >= 0.3 is 0 Å². The Morgan fingerprint density at radius 3 is 1.92 bits per heavy atom. The summed E-state index contributed by atoms with van der Waals surface area (Å²) in [4.78, 5) is 7.49. The number of furan rings is 1. The van der Waals surface area contributed by atoms with E-state index in [9.17, 15) is 0 Å². The number of likely N-dealkylation sites (tertiary alicyclic amines) is 1. The Hall–Kier alpha value is -3.69. The minimum atomic E-state index is 0.301. The van der Waals surface area contributed by atoms with E-state index in [1.807, 2.05) is 40.0 Å². The number of nitrogens with zero attached hydrogens (tertiary/aromatic N) is 2. The zero-order valence-electron chi connectivity index (χ0n) is 24.0. The summed E-state index contributed by atoms with van der Waals surface area (Å²) >= 11 is 0. The van der Waals surface area contributed by atoms with E-state index in [1.54, 1.807) is 6.08 Å². The molecule has 0 N–H and O–H groups in total. The highest BCUT2D eigenvalue weighted by Gasteiger charge is 2.36. The van der Waals surface area contributed by atoms with Crippen LogP contribution in [0.1, 0.15) is 56.9 Å². The smallest absolute Gasteiger partial charge is 0.134 e. The highest BCUT2D eigenvalue weighted by atomic mass is 16.3. The van der Waals surface area contributed by atoms with Crippen molar-refractivity contribution in [2.45, 2.75) is 52.6 Å². The van der Waals surface area contributed by atoms with Crippen molar-refractivity contribution in [3.8, 4) is 11.3 Å². The topological polar surface area (TPSA) is 28.7 Å². The fraction of sp³-hybridized carbons (Fsp3) is 0.306. The van der Waals surface area contributed by atoms with Crippen molar-refractivity contribution in [1.82, 2.24) is 4.90 Å². The number of piperidine rings is 1. The van der Waals surface area contributed by atoms with E-state index in [-0.39, 0.29) is 0 Å². The highest BCUT2D eigenvalue weighted by Crippen LogP contribution is 2.39. The summed E-state index contributed by atoms with van der Waals surface area (Å²) in [5.74, 6) is 2.64. The van der Waals surface area contributed by atoms with E-state index in [0.29, 0.717) is 17.9 Å². The molecule has 2 heterocycles. The first-order chi connectivity index (χ1) is 19.2. The van der Waals surface area contributed by atoms with E-state index in [0.717, 1.165) is 43.1 Å². The molecule has 1 aromatic heterocycles. The molecule has 3 heteroatoms. The predicted octanol–water partition coefficient (Wildman–Crippen LogP) is 9.28. The Morgan fingerprint density at radius 2 is 1.38 bits per heavy atom. The lowest BCUT2D eigenvalue weighted by Crippen LogP contribution is -2.44. The second-order valence-electron chi connectivity index (χ2n) is 9.50. The van der Waals surface area contributed by atoms with Crippen LogP contribution in [0.4, 0.5) is 0 Å². The summed E-state index contributed by atoms with van der Waals surface area (Å²) in [7, 11) is 0. The van der Waals surface area contributed by atoms with Gasteiger partial charge in [0.25, 0.3) is 0 Å². The number of aliphatic imine (C=N–C) groups is 1. The van der Waals surface area contributed by atoms with E-state index < -0.39 is 0 Å². The van der Waals surface area contributed by atoms with Crippen molar-refractivity contribution in [2.24, 2.45) is 10.9 Å². The summed E-state index contributed by atoms with van der Waals surface area (Å²) < 4.78 is 6.24.